The number of H-pyrrole nitrogens is 1. The molecule has 95 heavy (non-hydrogen) atoms. The summed E-state index contributed by atoms with van der Waals surface area (Å²) in [6, 6.07) is 1.41. The van der Waals surface area contributed by atoms with E-state index in [1.54, 1.807) is 42.2 Å². The number of aliphatic carboxylic acids is 4. The number of carbonyl (C=O) groups is 9. The number of nitrogens with one attached hydrogen (secondary N) is 8. The van der Waals surface area contributed by atoms with Crippen LogP contribution in [0.25, 0.3) is 10.9 Å². The maximum Gasteiger partial charge on any atom is 3.00 e. The van der Waals surface area contributed by atoms with Gasteiger partial charge >= 0.3 is 49.7 Å². The second-order valence-electron chi connectivity index (χ2n) is 21.8. The van der Waals surface area contributed by atoms with Crippen LogP contribution >= 0.6 is 0 Å². The van der Waals surface area contributed by atoms with Crippen molar-refractivity contribution in [2.45, 2.75) is 56.3 Å². The van der Waals surface area contributed by atoms with E-state index < -0.39 is 158 Å². The molecule has 14 N–H and O–H groups in total. The first-order valence-corrected chi connectivity index (χ1v) is 33.5. The minimum atomic E-state index is -5.12. The molecule has 1 aliphatic rings. The predicted octanol–water partition coefficient (Wildman–Crippen LogP) is -5.12. The van der Waals surface area contributed by atoms with Gasteiger partial charge in [0, 0.05) is 116 Å². The van der Waals surface area contributed by atoms with Crippen LogP contribution in [0.5, 0.6) is 5.75 Å². The maximum absolute atomic E-state index is 13.7. The van der Waals surface area contributed by atoms with E-state index >= 15 is 0 Å². The monoisotopic (exact) mass is 1500 g/mol. The number of benzene rings is 2. The number of anilines is 1. The van der Waals surface area contributed by atoms with Gasteiger partial charge in [0.05, 0.1) is 43.2 Å². The van der Waals surface area contributed by atoms with Crippen LogP contribution in [0.4, 0.5) is 5.95 Å². The van der Waals surface area contributed by atoms with E-state index in [0.29, 0.717) is 18.0 Å². The molecule has 0 radical (unpaired) electrons. The summed E-state index contributed by atoms with van der Waals surface area (Å²) in [6.45, 7) is -0.464. The van der Waals surface area contributed by atoms with Gasteiger partial charge in [0.2, 0.25) is 39.1 Å². The molecule has 41 heteroatoms. The summed E-state index contributed by atoms with van der Waals surface area (Å²) in [5.41, 5.74) is 0.600. The molecule has 5 rings (SSSR count). The first kappa shape index (κ1) is 79.6. The van der Waals surface area contributed by atoms with Gasteiger partial charge in [0.25, 0.3) is 26.1 Å². The number of fused-ring (bicyclic) bond motifs is 1. The van der Waals surface area contributed by atoms with Crippen LogP contribution < -0.4 is 46.8 Å². The first-order chi connectivity index (χ1) is 44.1. The smallest absolute Gasteiger partial charge is 0.494 e. The summed E-state index contributed by atoms with van der Waals surface area (Å²) in [5, 5.41) is 52.8. The Morgan fingerprint density at radius 1 is 0.663 bits per heavy atom. The number of carbonyl (C=O) groups excluding carboxylic acids is 5. The molecule has 2 aromatic carbocycles. The molecule has 2 aromatic heterocycles. The zero-order chi connectivity index (χ0) is 69.7. The minimum Gasteiger partial charge on any atom is -0.494 e. The number of aromatic nitrogens is 3. The van der Waals surface area contributed by atoms with Crippen molar-refractivity contribution in [1.29, 1.82) is 0 Å². The third-order valence-electron chi connectivity index (χ3n) is 14.2. The zero-order valence-corrected chi connectivity index (χ0v) is 57.6. The fourth-order valence-electron chi connectivity index (χ4n) is 9.79. The number of carboxylic acid groups (broad SMARTS) is 4. The molecule has 37 nitrogen and oxygen atoms in total. The van der Waals surface area contributed by atoms with Gasteiger partial charge in [-0.05, 0) is 61.2 Å². The molecule has 1 aliphatic heterocycles. The quantitative estimate of drug-likeness (QED) is 0.0154. The molecule has 1 saturated heterocycles. The predicted molar refractivity (Wildman–Crippen MR) is 337 cm³/mol. The van der Waals surface area contributed by atoms with E-state index in [9.17, 15) is 103 Å². The molecule has 3 unspecified atom stereocenters. The number of amides is 5. The molecule has 0 bridgehead atoms. The van der Waals surface area contributed by atoms with Crippen LogP contribution in [0, 0.1) is 13.8 Å². The average Bonchev–Trinajstić information content (AvgIpc) is 0.951. The number of imidazole rings is 1. The zero-order valence-electron chi connectivity index (χ0n) is 51.8. The molecule has 5 amide bonds. The number of pyridine rings is 1. The molecular formula is C54H76InN14O23S3+3. The number of nitrogens with zero attached hydrogens (tertiary/aromatic N) is 6. The Labute approximate surface area is 563 Å². The van der Waals surface area contributed by atoms with E-state index in [1.807, 2.05) is 5.32 Å². The van der Waals surface area contributed by atoms with E-state index in [-0.39, 0.29) is 137 Å². The maximum atomic E-state index is 13.7. The number of hydrogen-bond donors (Lipinski definition) is 14. The first-order valence-electron chi connectivity index (χ1n) is 28.8. The molecule has 3 atom stereocenters. The number of hydrogen-bond acceptors (Lipinski definition) is 23. The summed E-state index contributed by atoms with van der Waals surface area (Å²) in [4.78, 5) is 140. The average molecular weight is 1500 g/mol. The Kier molecular flexibility index (Phi) is 30.9. The Hall–Kier alpha value is -7.87. The van der Waals surface area contributed by atoms with E-state index in [2.05, 4.69) is 41.3 Å². The van der Waals surface area contributed by atoms with Crippen LogP contribution in [0.3, 0.4) is 0 Å². The van der Waals surface area contributed by atoms with Gasteiger partial charge in [0.1, 0.15) is 40.9 Å². The van der Waals surface area contributed by atoms with Crippen LogP contribution in [0.15, 0.2) is 58.6 Å². The Balaban J connectivity index is 0.0000192. The summed E-state index contributed by atoms with van der Waals surface area (Å²) >= 11 is 0. The number of aryl methyl sites for hydroxylation is 3. The van der Waals surface area contributed by atoms with Crippen LogP contribution in [-0.2, 0) is 82.2 Å². The standard InChI is InChI=1S/C54H76N14O23S3.In/c1-33-21-36(22-34(2)49(33)94(89,90)63-39(53(81)82)25-59-50(78)38-26-64(3)42-23-35(6-7-37(42)48(38)77)24-60-54-57-10-11-58-54)91-20-4-5-43(69)55-8-9-56-51(79)40(31-92(83,84)85)62-52(80)41(32-93(86,87)88)61-44(70)27-65-12-14-66(28-45(71)72)16-18-68(30-47(75)76)19-17-67(15-13-65)29-46(73)74;/h6-7,10-11,21-23,26,39-41,63H,4-5,8-9,12-20,24-25,27-32H2,1-3H3,(H,55,69)(H,56,79)(H,59,78)(H,61,70)(H,62,80)(H,71,72)(H,73,74)(H,75,76)(H,81,82)(H2,57,58,60)(H,83,84,85)(H,86,87,88);/q;+3. The fraction of sp³-hybridized carbons (Fsp3) is 0.500. The normalized spacial score (nSPS) is 15.1. The third kappa shape index (κ3) is 27.4. The molecule has 3 heterocycles. The summed E-state index contributed by atoms with van der Waals surface area (Å²) < 4.78 is 104. The van der Waals surface area contributed by atoms with Crippen LogP contribution in [0.2, 0.25) is 0 Å². The molecule has 1 fully saturated rings. The van der Waals surface area contributed by atoms with Crippen LogP contribution in [-0.4, -0.2) is 303 Å². The summed E-state index contributed by atoms with van der Waals surface area (Å²) in [6.07, 6.45) is 4.42. The van der Waals surface area contributed by atoms with E-state index in [4.69, 9.17) is 4.74 Å². The molecular weight excluding hydrogens is 1420 g/mol. The van der Waals surface area contributed by atoms with Crippen LogP contribution in [0.1, 0.15) is 39.9 Å². The van der Waals surface area contributed by atoms with Crippen molar-refractivity contribution in [3.05, 3.63) is 81.4 Å². The van der Waals surface area contributed by atoms with Gasteiger partial charge in [-0.3, -0.25) is 76.7 Å². The van der Waals surface area contributed by atoms with E-state index in [0.717, 1.165) is 5.56 Å². The Morgan fingerprint density at radius 2 is 1.18 bits per heavy atom. The Morgan fingerprint density at radius 3 is 1.67 bits per heavy atom. The van der Waals surface area contributed by atoms with Gasteiger partial charge in [0.15, 0.2) is 5.95 Å². The van der Waals surface area contributed by atoms with Crippen molar-refractivity contribution in [2.24, 2.45) is 7.05 Å². The second kappa shape index (κ2) is 36.9. The summed E-state index contributed by atoms with van der Waals surface area (Å²) in [5.74, 6) is -13.0. The molecule has 0 aliphatic carbocycles. The number of sulfonamides is 1. The molecule has 0 saturated carbocycles. The van der Waals surface area contributed by atoms with E-state index in [1.165, 1.54) is 51.8 Å². The minimum absolute atomic E-state index is 0. The SMILES string of the molecule is Cc1cc(OCCCC(=O)NCCNC(=O)C(CS(=O)(=O)O)NC(=O)C(CS(=O)(=O)O)NC(=O)CN2CCN(CC(=O)O)CCN(CC(=O)O)CCN(CC(=O)O)CC2)cc(C)c1S(=O)(=O)NC(CNC(=O)c1cn(C)c2cc(CNc3ncc[nH]3)ccc2c1=O)C(=O)O.[In+3]. The van der Waals surface area contributed by atoms with Crippen molar-refractivity contribution in [3.63, 3.8) is 0 Å². The topological polar surface area (TPSA) is 535 Å². The van der Waals surface area contributed by atoms with Gasteiger partial charge in [-0.1, -0.05) is 6.07 Å². The van der Waals surface area contributed by atoms with Crippen molar-refractivity contribution in [1.82, 2.24) is 65.4 Å². The third-order valence-corrected chi connectivity index (χ3v) is 17.5. The number of rotatable bonds is 34. The number of aromatic amines is 1. The van der Waals surface area contributed by atoms with Gasteiger partial charge in [-0.15, -0.1) is 0 Å². The second-order valence-corrected chi connectivity index (χ2v) is 26.4. The van der Waals surface area contributed by atoms with Crippen molar-refractivity contribution < 1.29 is 103 Å². The molecule has 518 valence electrons. The van der Waals surface area contributed by atoms with Crippen molar-refractivity contribution in [3.8, 4) is 5.75 Å². The largest absolute Gasteiger partial charge is 3.00 e. The van der Waals surface area contributed by atoms with Gasteiger partial charge < -0.3 is 66.6 Å². The summed E-state index contributed by atoms with van der Waals surface area (Å²) in [7, 11) is -13.2. The Bertz CT molecular complexity index is 3770. The van der Waals surface area contributed by atoms with Gasteiger partial charge in [-0.25, -0.2) is 13.4 Å². The van der Waals surface area contributed by atoms with Crippen molar-refractivity contribution >= 4 is 126 Å². The number of carboxylic acids is 4. The fourth-order valence-corrected chi connectivity index (χ4v) is 12.7. The molecule has 0 spiro atoms. The van der Waals surface area contributed by atoms with Crippen molar-refractivity contribution in [2.75, 3.05) is 122 Å². The van der Waals surface area contributed by atoms with Gasteiger partial charge in [-0.2, -0.15) is 21.6 Å². The molecule has 4 aromatic rings. The number of ether oxygens (including phenoxy) is 1.